The van der Waals surface area contributed by atoms with Crippen molar-refractivity contribution in [3.05, 3.63) is 93.5 Å². The van der Waals surface area contributed by atoms with Gasteiger partial charge in [0.2, 0.25) is 0 Å². The second-order valence-electron chi connectivity index (χ2n) is 6.13. The number of nitro benzene ring substituents is 1. The minimum Gasteiger partial charge on any atom is -0.495 e. The maximum absolute atomic E-state index is 13.0. The zero-order valence-electron chi connectivity index (χ0n) is 15.5. The van der Waals surface area contributed by atoms with Crippen LogP contribution in [0.4, 0.5) is 17.1 Å². The van der Waals surface area contributed by atoms with Crippen molar-refractivity contribution in [3.63, 3.8) is 0 Å². The third kappa shape index (κ3) is 5.03. The summed E-state index contributed by atoms with van der Waals surface area (Å²) in [5.74, 6) is 0.155. The zero-order chi connectivity index (χ0) is 20.8. The van der Waals surface area contributed by atoms with Gasteiger partial charge in [0, 0.05) is 23.5 Å². The number of hydrogen-bond acceptors (Lipinski definition) is 5. The average Bonchev–Trinajstić information content (AvgIpc) is 2.73. The third-order valence-corrected chi connectivity index (χ3v) is 4.48. The first kappa shape index (κ1) is 20.2. The van der Waals surface area contributed by atoms with Crippen LogP contribution in [0.2, 0.25) is 5.02 Å². The van der Waals surface area contributed by atoms with E-state index in [0.29, 0.717) is 27.7 Å². The van der Waals surface area contributed by atoms with Gasteiger partial charge in [0.15, 0.2) is 0 Å². The second kappa shape index (κ2) is 9.07. The van der Waals surface area contributed by atoms with Crippen molar-refractivity contribution >= 4 is 34.6 Å². The number of hydrogen-bond donors (Lipinski definition) is 2. The molecule has 3 aromatic carbocycles. The Kier molecular flexibility index (Phi) is 6.31. The summed E-state index contributed by atoms with van der Waals surface area (Å²) in [7, 11) is 1.51. The summed E-state index contributed by atoms with van der Waals surface area (Å²) < 4.78 is 5.12. The highest BCUT2D eigenvalue weighted by molar-refractivity contribution is 6.32. The van der Waals surface area contributed by atoms with Gasteiger partial charge in [0.1, 0.15) is 11.8 Å². The van der Waals surface area contributed by atoms with Gasteiger partial charge < -0.3 is 15.4 Å². The van der Waals surface area contributed by atoms with Gasteiger partial charge in [-0.25, -0.2) is 0 Å². The Balaban J connectivity index is 1.87. The first-order valence-electron chi connectivity index (χ1n) is 8.68. The molecule has 0 bridgehead atoms. The lowest BCUT2D eigenvalue weighted by atomic mass is 10.1. The lowest BCUT2D eigenvalue weighted by Gasteiger charge is -2.20. The number of methoxy groups -OCH3 is 1. The molecule has 1 atom stereocenters. The van der Waals surface area contributed by atoms with Gasteiger partial charge in [-0.15, -0.1) is 0 Å². The van der Waals surface area contributed by atoms with Gasteiger partial charge in [0.05, 0.1) is 17.1 Å². The average molecular weight is 412 g/mol. The predicted molar refractivity (Wildman–Crippen MR) is 113 cm³/mol. The lowest BCUT2D eigenvalue weighted by Crippen LogP contribution is -2.27. The number of amides is 1. The first-order valence-corrected chi connectivity index (χ1v) is 9.06. The molecule has 3 aromatic rings. The molecule has 0 aliphatic carbocycles. The van der Waals surface area contributed by atoms with Gasteiger partial charge >= 0.3 is 0 Å². The fourth-order valence-electron chi connectivity index (χ4n) is 2.78. The number of carbonyl (C=O) groups excluding carboxylic acids is 1. The van der Waals surface area contributed by atoms with Crippen LogP contribution in [0.5, 0.6) is 5.75 Å². The number of benzene rings is 3. The van der Waals surface area contributed by atoms with Crippen LogP contribution in [-0.2, 0) is 4.79 Å². The summed E-state index contributed by atoms with van der Waals surface area (Å²) in [5.41, 5.74) is 1.60. The Hall–Kier alpha value is -3.58. The number of rotatable bonds is 7. The van der Waals surface area contributed by atoms with E-state index >= 15 is 0 Å². The molecule has 1 amide bonds. The number of halogens is 1. The molecule has 0 fully saturated rings. The van der Waals surface area contributed by atoms with E-state index in [9.17, 15) is 14.9 Å². The van der Waals surface area contributed by atoms with Crippen LogP contribution in [0.25, 0.3) is 0 Å². The first-order chi connectivity index (χ1) is 14.0. The minimum absolute atomic E-state index is 0.0656. The Labute approximate surface area is 172 Å². The number of non-ortho nitro benzene ring substituents is 1. The Morgan fingerprint density at radius 3 is 2.45 bits per heavy atom. The van der Waals surface area contributed by atoms with Crippen LogP contribution >= 0.6 is 11.6 Å². The highest BCUT2D eigenvalue weighted by Gasteiger charge is 2.21. The van der Waals surface area contributed by atoms with Crippen LogP contribution in [0.3, 0.4) is 0 Å². The Morgan fingerprint density at radius 2 is 1.79 bits per heavy atom. The largest absolute Gasteiger partial charge is 0.495 e. The fraction of sp³-hybridized carbons (Fsp3) is 0.0952. The lowest BCUT2D eigenvalue weighted by molar-refractivity contribution is -0.384. The van der Waals surface area contributed by atoms with Gasteiger partial charge in [-0.1, -0.05) is 48.0 Å². The number of carbonyl (C=O) groups is 1. The Morgan fingerprint density at radius 1 is 1.03 bits per heavy atom. The number of nitro groups is 1. The summed E-state index contributed by atoms with van der Waals surface area (Å²) in [6.07, 6.45) is 0. The molecule has 0 unspecified atom stereocenters. The smallest absolute Gasteiger partial charge is 0.271 e. The van der Waals surface area contributed by atoms with Crippen LogP contribution < -0.4 is 15.4 Å². The van der Waals surface area contributed by atoms with E-state index < -0.39 is 11.0 Å². The molecule has 148 valence electrons. The van der Waals surface area contributed by atoms with Crippen LogP contribution in [0.15, 0.2) is 72.8 Å². The summed E-state index contributed by atoms with van der Waals surface area (Å²) in [4.78, 5) is 23.6. The SMILES string of the molecule is COc1ccc(NC(=O)[C@H](Nc2cccc([N+](=O)[O-])c2)c2ccccc2)cc1Cl. The van der Waals surface area contributed by atoms with E-state index in [0.717, 1.165) is 0 Å². The van der Waals surface area contributed by atoms with Crippen molar-refractivity contribution < 1.29 is 14.5 Å². The summed E-state index contributed by atoms with van der Waals surface area (Å²) in [6, 6.07) is 19.2. The topological polar surface area (TPSA) is 93.5 Å². The highest BCUT2D eigenvalue weighted by atomic mass is 35.5. The number of nitrogens with zero attached hydrogens (tertiary/aromatic N) is 1. The monoisotopic (exact) mass is 411 g/mol. The maximum atomic E-state index is 13.0. The molecule has 0 heterocycles. The van der Waals surface area contributed by atoms with Crippen molar-refractivity contribution in [2.75, 3.05) is 17.7 Å². The molecule has 8 heteroatoms. The van der Waals surface area contributed by atoms with E-state index in [4.69, 9.17) is 16.3 Å². The molecule has 0 saturated carbocycles. The maximum Gasteiger partial charge on any atom is 0.271 e. The molecule has 0 aliphatic heterocycles. The molecule has 0 spiro atoms. The van der Waals surface area contributed by atoms with Crippen LogP contribution in [-0.4, -0.2) is 17.9 Å². The van der Waals surface area contributed by atoms with Gasteiger partial charge in [-0.05, 0) is 29.8 Å². The van der Waals surface area contributed by atoms with E-state index in [1.807, 2.05) is 18.2 Å². The van der Waals surface area contributed by atoms with Crippen molar-refractivity contribution in [1.29, 1.82) is 0 Å². The summed E-state index contributed by atoms with van der Waals surface area (Å²) in [5, 5.41) is 17.3. The number of nitrogens with one attached hydrogen (secondary N) is 2. The molecular weight excluding hydrogens is 394 g/mol. The quantitative estimate of drug-likeness (QED) is 0.419. The predicted octanol–water partition coefficient (Wildman–Crippen LogP) is 5.05. The van der Waals surface area contributed by atoms with Crippen molar-refractivity contribution in [1.82, 2.24) is 0 Å². The van der Waals surface area contributed by atoms with E-state index in [1.165, 1.54) is 19.2 Å². The molecule has 0 aliphatic rings. The molecule has 7 nitrogen and oxygen atoms in total. The van der Waals surface area contributed by atoms with Crippen molar-refractivity contribution in [2.24, 2.45) is 0 Å². The number of ether oxygens (including phenoxy) is 1. The molecule has 0 radical (unpaired) electrons. The van der Waals surface area contributed by atoms with Gasteiger partial charge in [0.25, 0.3) is 11.6 Å². The molecule has 2 N–H and O–H groups in total. The zero-order valence-corrected chi connectivity index (χ0v) is 16.2. The molecule has 3 rings (SSSR count). The molecule has 29 heavy (non-hydrogen) atoms. The van der Waals surface area contributed by atoms with E-state index in [-0.39, 0.29) is 11.6 Å². The number of anilines is 2. The van der Waals surface area contributed by atoms with Crippen LogP contribution in [0, 0.1) is 10.1 Å². The Bertz CT molecular complexity index is 1030. The fourth-order valence-corrected chi connectivity index (χ4v) is 3.04. The standard InChI is InChI=1S/C21H18ClN3O4/c1-29-19-11-10-16(13-18(19)22)24-21(26)20(14-6-3-2-4-7-14)23-15-8-5-9-17(12-15)25(27)28/h2-13,20,23H,1H3,(H,24,26)/t20-/m1/s1. The van der Waals surface area contributed by atoms with E-state index in [2.05, 4.69) is 10.6 Å². The van der Waals surface area contributed by atoms with Crippen molar-refractivity contribution in [2.45, 2.75) is 6.04 Å². The molecular formula is C21H18ClN3O4. The van der Waals surface area contributed by atoms with Gasteiger partial charge in [-0.2, -0.15) is 0 Å². The van der Waals surface area contributed by atoms with E-state index in [1.54, 1.807) is 42.5 Å². The summed E-state index contributed by atoms with van der Waals surface area (Å²) in [6.45, 7) is 0. The summed E-state index contributed by atoms with van der Waals surface area (Å²) >= 11 is 6.13. The minimum atomic E-state index is -0.779. The normalized spacial score (nSPS) is 11.4. The van der Waals surface area contributed by atoms with Gasteiger partial charge in [-0.3, -0.25) is 14.9 Å². The highest BCUT2D eigenvalue weighted by Crippen LogP contribution is 2.29. The molecule has 0 aromatic heterocycles. The second-order valence-corrected chi connectivity index (χ2v) is 6.54. The molecule has 0 saturated heterocycles. The third-order valence-electron chi connectivity index (χ3n) is 4.18. The van der Waals surface area contributed by atoms with Crippen molar-refractivity contribution in [3.8, 4) is 5.75 Å². The van der Waals surface area contributed by atoms with Crippen LogP contribution in [0.1, 0.15) is 11.6 Å².